The molecule has 20 heavy (non-hydrogen) atoms. The van der Waals surface area contributed by atoms with Crippen molar-refractivity contribution in [3.8, 4) is 5.75 Å². The van der Waals surface area contributed by atoms with Gasteiger partial charge < -0.3 is 20.1 Å². The molecule has 2 N–H and O–H groups in total. The molecular formula is C14H18N2O4. The molecule has 0 aromatic heterocycles. The minimum Gasteiger partial charge on any atom is -0.497 e. The van der Waals surface area contributed by atoms with Crippen molar-refractivity contribution in [3.05, 3.63) is 36.0 Å². The molecule has 0 bridgehead atoms. The summed E-state index contributed by atoms with van der Waals surface area (Å²) in [7, 11) is 2.82. The van der Waals surface area contributed by atoms with Crippen molar-refractivity contribution in [1.29, 1.82) is 0 Å². The summed E-state index contributed by atoms with van der Waals surface area (Å²) in [6.07, 6.45) is 1.11. The van der Waals surface area contributed by atoms with Gasteiger partial charge >= 0.3 is 5.97 Å². The van der Waals surface area contributed by atoms with Crippen LogP contribution in [0.5, 0.6) is 5.75 Å². The van der Waals surface area contributed by atoms with Crippen LogP contribution in [0.25, 0.3) is 0 Å². The quantitative estimate of drug-likeness (QED) is 0.606. The number of ether oxygens (including phenoxy) is 2. The Labute approximate surface area is 117 Å². The van der Waals surface area contributed by atoms with Gasteiger partial charge in [-0.25, -0.2) is 4.79 Å². The Bertz CT molecular complexity index is 494. The lowest BCUT2D eigenvalue weighted by atomic mass is 10.2. The highest BCUT2D eigenvalue weighted by atomic mass is 16.5. The number of methoxy groups -OCH3 is 2. The third-order valence-electron chi connectivity index (χ3n) is 2.41. The number of benzene rings is 1. The van der Waals surface area contributed by atoms with Crippen LogP contribution in [-0.4, -0.2) is 32.6 Å². The first-order valence-electron chi connectivity index (χ1n) is 6.09. The SMILES string of the molecule is CCNC(=O)/C(=C/C(=O)OC)Nc1ccc(OC)cc1. The van der Waals surface area contributed by atoms with E-state index < -0.39 is 5.97 Å². The van der Waals surface area contributed by atoms with Gasteiger partial charge in [-0.3, -0.25) is 4.79 Å². The number of rotatable bonds is 6. The summed E-state index contributed by atoms with van der Waals surface area (Å²) >= 11 is 0. The van der Waals surface area contributed by atoms with E-state index in [1.54, 1.807) is 38.3 Å². The maximum absolute atomic E-state index is 11.8. The zero-order chi connectivity index (χ0) is 15.0. The largest absolute Gasteiger partial charge is 0.497 e. The Morgan fingerprint density at radius 1 is 1.20 bits per heavy atom. The molecule has 1 amide bonds. The summed E-state index contributed by atoms with van der Waals surface area (Å²) in [5, 5.41) is 5.49. The molecule has 0 heterocycles. The highest BCUT2D eigenvalue weighted by Crippen LogP contribution is 2.16. The lowest BCUT2D eigenvalue weighted by Gasteiger charge is -2.11. The molecule has 6 nitrogen and oxygen atoms in total. The summed E-state index contributed by atoms with van der Waals surface area (Å²) in [5.41, 5.74) is 0.774. The Morgan fingerprint density at radius 2 is 1.85 bits per heavy atom. The predicted molar refractivity (Wildman–Crippen MR) is 75.4 cm³/mol. The van der Waals surface area contributed by atoms with Gasteiger partial charge in [0.1, 0.15) is 11.4 Å². The van der Waals surface area contributed by atoms with Crippen molar-refractivity contribution < 1.29 is 19.1 Å². The van der Waals surface area contributed by atoms with Crippen LogP contribution in [-0.2, 0) is 14.3 Å². The molecule has 0 saturated heterocycles. The van der Waals surface area contributed by atoms with E-state index in [1.807, 2.05) is 0 Å². The maximum Gasteiger partial charge on any atom is 0.332 e. The lowest BCUT2D eigenvalue weighted by Crippen LogP contribution is -2.28. The van der Waals surface area contributed by atoms with Crippen LogP contribution >= 0.6 is 0 Å². The van der Waals surface area contributed by atoms with Gasteiger partial charge in [-0.15, -0.1) is 0 Å². The second-order valence-electron chi connectivity index (χ2n) is 3.79. The molecule has 0 unspecified atom stereocenters. The van der Waals surface area contributed by atoms with Crippen LogP contribution in [0.2, 0.25) is 0 Å². The number of amides is 1. The summed E-state index contributed by atoms with van der Waals surface area (Å²) in [5.74, 6) is -0.284. The third-order valence-corrected chi connectivity index (χ3v) is 2.41. The fourth-order valence-electron chi connectivity index (χ4n) is 1.42. The smallest absolute Gasteiger partial charge is 0.332 e. The monoisotopic (exact) mass is 278 g/mol. The van der Waals surface area contributed by atoms with Crippen LogP contribution in [0.15, 0.2) is 36.0 Å². The number of nitrogens with one attached hydrogen (secondary N) is 2. The summed E-state index contributed by atoms with van der Waals surface area (Å²) in [4.78, 5) is 23.1. The highest BCUT2D eigenvalue weighted by molar-refractivity contribution is 6.01. The molecule has 1 aromatic carbocycles. The first-order chi connectivity index (χ1) is 9.60. The van der Waals surface area contributed by atoms with Crippen molar-refractivity contribution in [2.45, 2.75) is 6.92 Å². The fourth-order valence-corrected chi connectivity index (χ4v) is 1.42. The van der Waals surface area contributed by atoms with E-state index in [0.717, 1.165) is 6.08 Å². The average Bonchev–Trinajstić information content (AvgIpc) is 2.47. The molecule has 0 spiro atoms. The minimum atomic E-state index is -0.604. The molecule has 0 saturated carbocycles. The maximum atomic E-state index is 11.8. The normalized spacial score (nSPS) is 10.7. The van der Waals surface area contributed by atoms with Gasteiger partial charge in [0.15, 0.2) is 0 Å². The number of carbonyl (C=O) groups is 2. The van der Waals surface area contributed by atoms with Gasteiger partial charge in [-0.2, -0.15) is 0 Å². The van der Waals surface area contributed by atoms with E-state index in [-0.39, 0.29) is 11.6 Å². The van der Waals surface area contributed by atoms with Crippen molar-refractivity contribution in [3.63, 3.8) is 0 Å². The first kappa shape index (κ1) is 15.6. The van der Waals surface area contributed by atoms with E-state index in [2.05, 4.69) is 15.4 Å². The van der Waals surface area contributed by atoms with E-state index in [1.165, 1.54) is 7.11 Å². The summed E-state index contributed by atoms with van der Waals surface area (Å²) in [6, 6.07) is 6.97. The minimum absolute atomic E-state index is 0.115. The molecule has 1 aromatic rings. The van der Waals surface area contributed by atoms with Gasteiger partial charge in [0.05, 0.1) is 20.3 Å². The molecule has 0 fully saturated rings. The van der Waals surface area contributed by atoms with Gasteiger partial charge in [0, 0.05) is 12.2 Å². The number of likely N-dealkylation sites (N-methyl/N-ethyl adjacent to an activating group) is 1. The molecule has 6 heteroatoms. The topological polar surface area (TPSA) is 76.7 Å². The van der Waals surface area contributed by atoms with Gasteiger partial charge in [-0.1, -0.05) is 0 Å². The summed E-state index contributed by atoms with van der Waals surface area (Å²) < 4.78 is 9.57. The van der Waals surface area contributed by atoms with E-state index in [4.69, 9.17) is 4.74 Å². The molecule has 0 aliphatic carbocycles. The van der Waals surface area contributed by atoms with Crippen LogP contribution < -0.4 is 15.4 Å². The molecule has 0 aliphatic rings. The Kier molecular flexibility index (Phi) is 6.09. The van der Waals surface area contributed by atoms with Crippen LogP contribution in [0, 0.1) is 0 Å². The molecule has 0 radical (unpaired) electrons. The number of hydrogen-bond acceptors (Lipinski definition) is 5. The molecule has 108 valence electrons. The number of hydrogen-bond donors (Lipinski definition) is 2. The van der Waals surface area contributed by atoms with Crippen LogP contribution in [0.4, 0.5) is 5.69 Å². The molecule has 1 rings (SSSR count). The number of carbonyl (C=O) groups excluding carboxylic acids is 2. The Hall–Kier alpha value is -2.50. The number of esters is 1. The Morgan fingerprint density at radius 3 is 2.35 bits per heavy atom. The second-order valence-corrected chi connectivity index (χ2v) is 3.79. The van der Waals surface area contributed by atoms with Crippen molar-refractivity contribution in [1.82, 2.24) is 5.32 Å². The second kappa shape index (κ2) is 7.83. The highest BCUT2D eigenvalue weighted by Gasteiger charge is 2.11. The zero-order valence-corrected chi connectivity index (χ0v) is 11.7. The molecular weight excluding hydrogens is 260 g/mol. The van der Waals surface area contributed by atoms with E-state index >= 15 is 0 Å². The fraction of sp³-hybridized carbons (Fsp3) is 0.286. The lowest BCUT2D eigenvalue weighted by molar-refractivity contribution is -0.135. The zero-order valence-electron chi connectivity index (χ0n) is 11.7. The average molecular weight is 278 g/mol. The predicted octanol–water partition coefficient (Wildman–Crippen LogP) is 1.30. The van der Waals surface area contributed by atoms with Gasteiger partial charge in [0.25, 0.3) is 5.91 Å². The van der Waals surface area contributed by atoms with Crippen molar-refractivity contribution in [2.24, 2.45) is 0 Å². The first-order valence-corrected chi connectivity index (χ1v) is 6.09. The molecule has 0 aliphatic heterocycles. The Balaban J connectivity index is 2.90. The standard InChI is InChI=1S/C14H18N2O4/c1-4-15-14(18)12(9-13(17)20-3)16-10-5-7-11(19-2)8-6-10/h5-9,16H,4H2,1-3H3,(H,15,18)/b12-9-. The van der Waals surface area contributed by atoms with Gasteiger partial charge in [0.2, 0.25) is 0 Å². The van der Waals surface area contributed by atoms with Crippen molar-refractivity contribution in [2.75, 3.05) is 26.1 Å². The van der Waals surface area contributed by atoms with Crippen LogP contribution in [0.1, 0.15) is 6.92 Å². The van der Waals surface area contributed by atoms with E-state index in [9.17, 15) is 9.59 Å². The number of anilines is 1. The molecule has 0 atom stereocenters. The van der Waals surface area contributed by atoms with Gasteiger partial charge in [-0.05, 0) is 31.2 Å². The summed E-state index contributed by atoms with van der Waals surface area (Å²) in [6.45, 7) is 2.25. The van der Waals surface area contributed by atoms with E-state index in [0.29, 0.717) is 18.0 Å². The van der Waals surface area contributed by atoms with Crippen LogP contribution in [0.3, 0.4) is 0 Å². The van der Waals surface area contributed by atoms with Crippen molar-refractivity contribution >= 4 is 17.6 Å². The third kappa shape index (κ3) is 4.64.